The molecule has 3 amide bonds. The van der Waals surface area contributed by atoms with E-state index in [0.29, 0.717) is 13.1 Å². The first kappa shape index (κ1) is 21.0. The predicted molar refractivity (Wildman–Crippen MR) is 116 cm³/mol. The third-order valence-electron chi connectivity index (χ3n) is 4.86. The monoisotopic (exact) mass is 402 g/mol. The third-order valence-corrected chi connectivity index (χ3v) is 4.86. The molecule has 1 atom stereocenters. The van der Waals surface area contributed by atoms with E-state index in [1.165, 1.54) is 0 Å². The van der Waals surface area contributed by atoms with Crippen molar-refractivity contribution in [2.75, 3.05) is 6.54 Å². The van der Waals surface area contributed by atoms with E-state index in [2.05, 4.69) is 10.3 Å². The first-order valence-electron chi connectivity index (χ1n) is 9.93. The molecule has 0 saturated carbocycles. The standard InChI is InChI=1S/C24H26N4O2/c25-24(30)27-22(21-11-5-2-6-12-21)16-23(29)28(18-20-10-7-14-26-17-20)15-13-19-8-3-1-4-9-19/h1-12,14,17,22H,13,15-16,18H2,(H3,25,27,30). The average Bonchev–Trinajstić information content (AvgIpc) is 2.78. The predicted octanol–water partition coefficient (Wildman–Crippen LogP) is 3.45. The lowest BCUT2D eigenvalue weighted by Gasteiger charge is -2.26. The first-order valence-corrected chi connectivity index (χ1v) is 9.93. The summed E-state index contributed by atoms with van der Waals surface area (Å²) in [6.07, 6.45) is 4.34. The number of rotatable bonds is 9. The highest BCUT2D eigenvalue weighted by Crippen LogP contribution is 2.19. The topological polar surface area (TPSA) is 88.3 Å². The van der Waals surface area contributed by atoms with Gasteiger partial charge >= 0.3 is 6.03 Å². The molecule has 6 heteroatoms. The molecule has 1 heterocycles. The molecule has 0 fully saturated rings. The van der Waals surface area contributed by atoms with E-state index in [-0.39, 0.29) is 12.3 Å². The highest BCUT2D eigenvalue weighted by Gasteiger charge is 2.22. The van der Waals surface area contributed by atoms with Gasteiger partial charge in [-0.3, -0.25) is 9.78 Å². The van der Waals surface area contributed by atoms with Crippen LogP contribution >= 0.6 is 0 Å². The zero-order valence-electron chi connectivity index (χ0n) is 16.8. The Kier molecular flexibility index (Phi) is 7.55. The number of nitrogens with one attached hydrogen (secondary N) is 1. The number of hydrogen-bond donors (Lipinski definition) is 2. The van der Waals surface area contributed by atoms with Crippen molar-refractivity contribution < 1.29 is 9.59 Å². The summed E-state index contributed by atoms with van der Waals surface area (Å²) in [5.74, 6) is -0.0580. The lowest BCUT2D eigenvalue weighted by atomic mass is 10.0. The number of aromatic nitrogens is 1. The Morgan fingerprint density at radius 2 is 1.60 bits per heavy atom. The molecular formula is C24H26N4O2. The third kappa shape index (κ3) is 6.44. The van der Waals surface area contributed by atoms with Gasteiger partial charge in [-0.15, -0.1) is 0 Å². The molecule has 0 spiro atoms. The van der Waals surface area contributed by atoms with Crippen LogP contribution in [0.25, 0.3) is 0 Å². The van der Waals surface area contributed by atoms with Crippen LogP contribution in [0, 0.1) is 0 Å². The molecule has 0 radical (unpaired) electrons. The van der Waals surface area contributed by atoms with Crippen molar-refractivity contribution in [3.63, 3.8) is 0 Å². The van der Waals surface area contributed by atoms with Crippen LogP contribution in [0.3, 0.4) is 0 Å². The van der Waals surface area contributed by atoms with Gasteiger partial charge in [0.25, 0.3) is 0 Å². The quantitative estimate of drug-likeness (QED) is 0.575. The molecule has 1 unspecified atom stereocenters. The number of benzene rings is 2. The minimum atomic E-state index is -0.653. The summed E-state index contributed by atoms with van der Waals surface area (Å²) in [5.41, 5.74) is 8.32. The maximum absolute atomic E-state index is 13.2. The van der Waals surface area contributed by atoms with Gasteiger partial charge in [-0.25, -0.2) is 4.79 Å². The molecule has 3 N–H and O–H groups in total. The van der Waals surface area contributed by atoms with Crippen molar-refractivity contribution in [2.24, 2.45) is 5.73 Å². The molecule has 1 aromatic heterocycles. The average molecular weight is 402 g/mol. The SMILES string of the molecule is NC(=O)NC(CC(=O)N(CCc1ccccc1)Cc1cccnc1)c1ccccc1. The maximum Gasteiger partial charge on any atom is 0.312 e. The Bertz CT molecular complexity index is 933. The number of nitrogens with two attached hydrogens (primary N) is 1. The van der Waals surface area contributed by atoms with Crippen molar-refractivity contribution in [3.8, 4) is 0 Å². The molecular weight excluding hydrogens is 376 g/mol. The number of carbonyl (C=O) groups is 2. The van der Waals surface area contributed by atoms with Gasteiger partial charge in [0, 0.05) is 25.5 Å². The van der Waals surface area contributed by atoms with Crippen LogP contribution in [0.5, 0.6) is 0 Å². The zero-order chi connectivity index (χ0) is 21.2. The van der Waals surface area contributed by atoms with Crippen molar-refractivity contribution in [1.82, 2.24) is 15.2 Å². The molecule has 6 nitrogen and oxygen atoms in total. The second kappa shape index (κ2) is 10.8. The van der Waals surface area contributed by atoms with Crippen LogP contribution < -0.4 is 11.1 Å². The summed E-state index contributed by atoms with van der Waals surface area (Å²) in [7, 11) is 0. The summed E-state index contributed by atoms with van der Waals surface area (Å²) in [6.45, 7) is 1.02. The van der Waals surface area contributed by atoms with Gasteiger partial charge in [0.15, 0.2) is 0 Å². The fourth-order valence-corrected chi connectivity index (χ4v) is 3.33. The van der Waals surface area contributed by atoms with E-state index < -0.39 is 12.1 Å². The summed E-state index contributed by atoms with van der Waals surface area (Å²) >= 11 is 0. The number of hydrogen-bond acceptors (Lipinski definition) is 3. The second-order valence-electron chi connectivity index (χ2n) is 7.09. The maximum atomic E-state index is 13.2. The van der Waals surface area contributed by atoms with Crippen LogP contribution in [0.1, 0.15) is 29.2 Å². The number of nitrogens with zero attached hydrogens (tertiary/aromatic N) is 2. The summed E-state index contributed by atoms with van der Waals surface area (Å²) in [4.78, 5) is 30.7. The molecule has 0 saturated heterocycles. The molecule has 3 aromatic rings. The molecule has 0 aliphatic rings. The van der Waals surface area contributed by atoms with Gasteiger partial charge in [0.1, 0.15) is 0 Å². The fourth-order valence-electron chi connectivity index (χ4n) is 3.33. The largest absolute Gasteiger partial charge is 0.352 e. The molecule has 3 rings (SSSR count). The van der Waals surface area contributed by atoms with E-state index >= 15 is 0 Å². The number of amides is 3. The van der Waals surface area contributed by atoms with Crippen molar-refractivity contribution in [1.29, 1.82) is 0 Å². The number of urea groups is 1. The Morgan fingerprint density at radius 1 is 0.933 bits per heavy atom. The van der Waals surface area contributed by atoms with Crippen molar-refractivity contribution in [2.45, 2.75) is 25.4 Å². The molecule has 0 aliphatic carbocycles. The first-order chi connectivity index (χ1) is 14.6. The van der Waals surface area contributed by atoms with Crippen LogP contribution in [0.2, 0.25) is 0 Å². The van der Waals surface area contributed by atoms with Gasteiger partial charge in [0.2, 0.25) is 5.91 Å². The van der Waals surface area contributed by atoms with Crippen LogP contribution in [-0.2, 0) is 17.8 Å². The Balaban J connectivity index is 1.75. The highest BCUT2D eigenvalue weighted by atomic mass is 16.2. The minimum Gasteiger partial charge on any atom is -0.352 e. The number of primary amides is 1. The normalized spacial score (nSPS) is 11.5. The second-order valence-corrected chi connectivity index (χ2v) is 7.09. The van der Waals surface area contributed by atoms with E-state index in [9.17, 15) is 9.59 Å². The Hall–Kier alpha value is -3.67. The summed E-state index contributed by atoms with van der Waals surface area (Å²) in [6, 6.07) is 22.1. The molecule has 0 aliphatic heterocycles. The summed E-state index contributed by atoms with van der Waals surface area (Å²) in [5, 5.41) is 2.70. The minimum absolute atomic E-state index is 0.0580. The number of pyridine rings is 1. The smallest absolute Gasteiger partial charge is 0.312 e. The fraction of sp³-hybridized carbons (Fsp3) is 0.208. The Labute approximate surface area is 176 Å². The van der Waals surface area contributed by atoms with Crippen LogP contribution in [0.4, 0.5) is 4.79 Å². The van der Waals surface area contributed by atoms with Crippen LogP contribution in [-0.4, -0.2) is 28.4 Å². The molecule has 2 aromatic carbocycles. The number of carbonyl (C=O) groups excluding carboxylic acids is 2. The van der Waals surface area contributed by atoms with E-state index in [4.69, 9.17) is 5.73 Å². The van der Waals surface area contributed by atoms with Gasteiger partial charge in [0.05, 0.1) is 12.5 Å². The van der Waals surface area contributed by atoms with Crippen LogP contribution in [0.15, 0.2) is 85.2 Å². The molecule has 154 valence electrons. The van der Waals surface area contributed by atoms with Crippen molar-refractivity contribution in [3.05, 3.63) is 102 Å². The molecule has 0 bridgehead atoms. The lowest BCUT2D eigenvalue weighted by Crippen LogP contribution is -2.39. The highest BCUT2D eigenvalue weighted by molar-refractivity contribution is 5.79. The van der Waals surface area contributed by atoms with E-state index in [1.54, 1.807) is 12.4 Å². The zero-order valence-corrected chi connectivity index (χ0v) is 16.8. The lowest BCUT2D eigenvalue weighted by molar-refractivity contribution is -0.132. The Morgan fingerprint density at radius 3 is 2.23 bits per heavy atom. The van der Waals surface area contributed by atoms with Gasteiger partial charge in [-0.05, 0) is 29.2 Å². The van der Waals surface area contributed by atoms with Gasteiger partial charge in [-0.2, -0.15) is 0 Å². The van der Waals surface area contributed by atoms with E-state index in [0.717, 1.165) is 23.1 Å². The van der Waals surface area contributed by atoms with Crippen molar-refractivity contribution >= 4 is 11.9 Å². The molecule has 30 heavy (non-hydrogen) atoms. The van der Waals surface area contributed by atoms with E-state index in [1.807, 2.05) is 77.7 Å². The van der Waals surface area contributed by atoms with Gasteiger partial charge < -0.3 is 16.0 Å². The van der Waals surface area contributed by atoms with Gasteiger partial charge in [-0.1, -0.05) is 66.7 Å². The summed E-state index contributed by atoms with van der Waals surface area (Å²) < 4.78 is 0.